The largest absolute Gasteiger partial charge is 0.454 e. The number of halogens is 2. The minimum Gasteiger partial charge on any atom is -0.454 e. The molecule has 2 rings (SSSR count). The number of benzene rings is 1. The molecule has 1 heterocycles. The van der Waals surface area contributed by atoms with Gasteiger partial charge in [0.05, 0.1) is 0 Å². The predicted octanol–water partition coefficient (Wildman–Crippen LogP) is 1.89. The van der Waals surface area contributed by atoms with Crippen LogP contribution in [0.1, 0.15) is 17.6 Å². The van der Waals surface area contributed by atoms with Crippen molar-refractivity contribution in [3.05, 3.63) is 23.3 Å². The normalized spacial score (nSPS) is 13.6. The molecule has 0 unspecified atom stereocenters. The summed E-state index contributed by atoms with van der Waals surface area (Å²) in [5, 5.41) is 8.80. The summed E-state index contributed by atoms with van der Waals surface area (Å²) in [6.45, 7) is -0.0665. The van der Waals surface area contributed by atoms with Gasteiger partial charge in [-0.05, 0) is 18.6 Å². The van der Waals surface area contributed by atoms with E-state index in [1.807, 2.05) is 0 Å². The van der Waals surface area contributed by atoms with Crippen LogP contribution in [0.5, 0.6) is 11.5 Å². The number of alkyl halides is 2. The van der Waals surface area contributed by atoms with Crippen LogP contribution in [0, 0.1) is 0 Å². The zero-order valence-corrected chi connectivity index (χ0v) is 7.87. The summed E-state index contributed by atoms with van der Waals surface area (Å²) in [6.07, 6.45) is -2.26. The molecule has 0 saturated heterocycles. The summed E-state index contributed by atoms with van der Waals surface area (Å²) >= 11 is 0. The van der Waals surface area contributed by atoms with Gasteiger partial charge < -0.3 is 14.6 Å². The second-order valence-electron chi connectivity index (χ2n) is 3.19. The monoisotopic (exact) mass is 216 g/mol. The third-order valence-electron chi connectivity index (χ3n) is 2.20. The lowest BCUT2D eigenvalue weighted by Gasteiger charge is -2.07. The highest BCUT2D eigenvalue weighted by Crippen LogP contribution is 2.39. The zero-order chi connectivity index (χ0) is 10.8. The van der Waals surface area contributed by atoms with Crippen LogP contribution >= 0.6 is 0 Å². The van der Waals surface area contributed by atoms with Crippen LogP contribution in [0.2, 0.25) is 0 Å². The molecular formula is C10H10F2O3. The fraction of sp³-hybridized carbons (Fsp3) is 0.400. The van der Waals surface area contributed by atoms with Gasteiger partial charge in [-0.2, -0.15) is 0 Å². The smallest absolute Gasteiger partial charge is 0.263 e. The standard InChI is InChI=1S/C10H10F2O3/c11-10(12)7-3-6(1-2-13)9-8(4-7)14-5-15-9/h3-4,10,13H,1-2,5H2. The third-order valence-corrected chi connectivity index (χ3v) is 2.20. The fourth-order valence-electron chi connectivity index (χ4n) is 1.54. The summed E-state index contributed by atoms with van der Waals surface area (Å²) in [4.78, 5) is 0. The van der Waals surface area contributed by atoms with E-state index in [2.05, 4.69) is 0 Å². The molecule has 0 amide bonds. The molecule has 1 aromatic carbocycles. The number of aliphatic hydroxyl groups excluding tert-OH is 1. The molecule has 1 aromatic rings. The van der Waals surface area contributed by atoms with E-state index >= 15 is 0 Å². The van der Waals surface area contributed by atoms with E-state index in [1.54, 1.807) is 0 Å². The predicted molar refractivity (Wildman–Crippen MR) is 48.3 cm³/mol. The van der Waals surface area contributed by atoms with E-state index in [0.29, 0.717) is 17.1 Å². The Labute approximate surface area is 85.2 Å². The molecule has 0 fully saturated rings. The van der Waals surface area contributed by atoms with Crippen molar-refractivity contribution in [3.8, 4) is 11.5 Å². The van der Waals surface area contributed by atoms with Crippen molar-refractivity contribution >= 4 is 0 Å². The molecule has 0 spiro atoms. The quantitative estimate of drug-likeness (QED) is 0.838. The van der Waals surface area contributed by atoms with Crippen molar-refractivity contribution in [2.45, 2.75) is 12.8 Å². The number of hydrogen-bond acceptors (Lipinski definition) is 3. The number of aliphatic hydroxyl groups is 1. The Balaban J connectivity index is 2.43. The van der Waals surface area contributed by atoms with E-state index in [-0.39, 0.29) is 25.4 Å². The summed E-state index contributed by atoms with van der Waals surface area (Å²) < 4.78 is 35.2. The Morgan fingerprint density at radius 3 is 2.80 bits per heavy atom. The van der Waals surface area contributed by atoms with Crippen LogP contribution in [0.15, 0.2) is 12.1 Å². The lowest BCUT2D eigenvalue weighted by Crippen LogP contribution is -1.97. The first-order chi connectivity index (χ1) is 7.22. The zero-order valence-electron chi connectivity index (χ0n) is 7.87. The van der Waals surface area contributed by atoms with Crippen molar-refractivity contribution in [3.63, 3.8) is 0 Å². The number of hydrogen-bond donors (Lipinski definition) is 1. The summed E-state index contributed by atoms with van der Waals surface area (Å²) in [5.74, 6) is 0.796. The lowest BCUT2D eigenvalue weighted by atomic mass is 10.1. The average molecular weight is 216 g/mol. The second-order valence-corrected chi connectivity index (χ2v) is 3.19. The van der Waals surface area contributed by atoms with Gasteiger partial charge in [-0.25, -0.2) is 8.78 Å². The van der Waals surface area contributed by atoms with Gasteiger partial charge in [-0.3, -0.25) is 0 Å². The highest BCUT2D eigenvalue weighted by atomic mass is 19.3. The number of fused-ring (bicyclic) bond motifs is 1. The molecule has 1 aliphatic heterocycles. The van der Waals surface area contributed by atoms with Gasteiger partial charge in [0, 0.05) is 17.7 Å². The van der Waals surface area contributed by atoms with Crippen molar-refractivity contribution in [1.82, 2.24) is 0 Å². The van der Waals surface area contributed by atoms with Gasteiger partial charge in [0.1, 0.15) is 0 Å². The minimum absolute atomic E-state index is 0.0421. The van der Waals surface area contributed by atoms with Gasteiger partial charge in [0.2, 0.25) is 6.79 Å². The van der Waals surface area contributed by atoms with E-state index < -0.39 is 6.43 Å². The van der Waals surface area contributed by atoms with Crippen LogP contribution in [-0.2, 0) is 6.42 Å². The molecule has 1 N–H and O–H groups in total. The molecule has 5 heteroatoms. The van der Waals surface area contributed by atoms with Crippen molar-refractivity contribution in [1.29, 1.82) is 0 Å². The SMILES string of the molecule is OCCc1cc(C(F)F)cc2c1OCO2. The van der Waals surface area contributed by atoms with E-state index in [4.69, 9.17) is 14.6 Å². The van der Waals surface area contributed by atoms with Gasteiger partial charge in [0.25, 0.3) is 6.43 Å². The Bertz CT molecular complexity index is 366. The summed E-state index contributed by atoms with van der Waals surface area (Å²) in [7, 11) is 0. The maximum atomic E-state index is 12.5. The highest BCUT2D eigenvalue weighted by molar-refractivity contribution is 5.51. The van der Waals surface area contributed by atoms with Crippen LogP contribution in [-0.4, -0.2) is 18.5 Å². The summed E-state index contributed by atoms with van der Waals surface area (Å²) in [6, 6.07) is 2.61. The Morgan fingerprint density at radius 2 is 2.13 bits per heavy atom. The molecule has 3 nitrogen and oxygen atoms in total. The number of rotatable bonds is 3. The molecule has 0 radical (unpaired) electrons. The molecule has 0 bridgehead atoms. The van der Waals surface area contributed by atoms with Crippen molar-refractivity contribution < 1.29 is 23.4 Å². The summed E-state index contributed by atoms with van der Waals surface area (Å²) in [5.41, 5.74) is 0.450. The first kappa shape index (κ1) is 10.2. The Kier molecular flexibility index (Phi) is 2.73. The fourth-order valence-corrected chi connectivity index (χ4v) is 1.54. The molecule has 15 heavy (non-hydrogen) atoms. The topological polar surface area (TPSA) is 38.7 Å². The molecule has 0 atom stereocenters. The van der Waals surface area contributed by atoms with Crippen molar-refractivity contribution in [2.24, 2.45) is 0 Å². The van der Waals surface area contributed by atoms with Crippen molar-refractivity contribution in [2.75, 3.05) is 13.4 Å². The molecule has 82 valence electrons. The number of ether oxygens (including phenoxy) is 2. The van der Waals surface area contributed by atoms with Gasteiger partial charge in [-0.1, -0.05) is 0 Å². The third kappa shape index (κ3) is 1.87. The maximum Gasteiger partial charge on any atom is 0.263 e. The van der Waals surface area contributed by atoms with Gasteiger partial charge in [-0.15, -0.1) is 0 Å². The van der Waals surface area contributed by atoms with Crippen LogP contribution in [0.25, 0.3) is 0 Å². The molecule has 0 aromatic heterocycles. The lowest BCUT2D eigenvalue weighted by molar-refractivity contribution is 0.150. The van der Waals surface area contributed by atoms with Crippen LogP contribution in [0.3, 0.4) is 0 Å². The highest BCUT2D eigenvalue weighted by Gasteiger charge is 2.21. The van der Waals surface area contributed by atoms with Crippen LogP contribution < -0.4 is 9.47 Å². The van der Waals surface area contributed by atoms with Crippen LogP contribution in [0.4, 0.5) is 8.78 Å². The maximum absolute atomic E-state index is 12.5. The van der Waals surface area contributed by atoms with Gasteiger partial charge in [0.15, 0.2) is 11.5 Å². The van der Waals surface area contributed by atoms with E-state index in [0.717, 1.165) is 0 Å². The Hall–Kier alpha value is -1.36. The second kappa shape index (κ2) is 4.02. The average Bonchev–Trinajstić information content (AvgIpc) is 2.65. The molecule has 0 saturated carbocycles. The minimum atomic E-state index is -2.54. The Morgan fingerprint density at radius 1 is 1.33 bits per heavy atom. The first-order valence-electron chi connectivity index (χ1n) is 4.54. The molecule has 1 aliphatic rings. The van der Waals surface area contributed by atoms with Gasteiger partial charge >= 0.3 is 0 Å². The first-order valence-corrected chi connectivity index (χ1v) is 4.54. The van der Waals surface area contributed by atoms with E-state index in [9.17, 15) is 8.78 Å². The molecular weight excluding hydrogens is 206 g/mol. The van der Waals surface area contributed by atoms with E-state index in [1.165, 1.54) is 12.1 Å². The molecule has 0 aliphatic carbocycles.